The Labute approximate surface area is 180 Å². The lowest BCUT2D eigenvalue weighted by molar-refractivity contribution is -0.116. The Balaban J connectivity index is 1.64. The number of aryl methyl sites for hydroxylation is 1. The van der Waals surface area contributed by atoms with Gasteiger partial charge < -0.3 is 10.1 Å². The maximum absolute atomic E-state index is 14.6. The number of amides is 1. The van der Waals surface area contributed by atoms with Gasteiger partial charge in [0.25, 0.3) is 0 Å². The van der Waals surface area contributed by atoms with Crippen LogP contribution < -0.4 is 10.1 Å². The van der Waals surface area contributed by atoms with Crippen molar-refractivity contribution in [1.82, 2.24) is 14.8 Å². The molecule has 1 amide bonds. The Morgan fingerprint density at radius 3 is 2.94 bits per heavy atom. The van der Waals surface area contributed by atoms with Crippen molar-refractivity contribution in [3.63, 3.8) is 0 Å². The van der Waals surface area contributed by atoms with Crippen LogP contribution in [-0.2, 0) is 4.79 Å². The Kier molecular flexibility index (Phi) is 4.70. The fourth-order valence-electron chi connectivity index (χ4n) is 3.98. The van der Waals surface area contributed by atoms with Crippen molar-refractivity contribution >= 4 is 33.3 Å². The van der Waals surface area contributed by atoms with Gasteiger partial charge in [0.15, 0.2) is 11.6 Å². The highest BCUT2D eigenvalue weighted by molar-refractivity contribution is 7.20. The molecule has 0 spiro atoms. The van der Waals surface area contributed by atoms with Gasteiger partial charge in [0.2, 0.25) is 11.0 Å². The normalized spacial score (nSPS) is 15.7. The van der Waals surface area contributed by atoms with Crippen molar-refractivity contribution in [3.05, 3.63) is 64.9 Å². The molecule has 2 aromatic heterocycles. The number of nitrogens with zero attached hydrogens (tertiary/aromatic N) is 3. The Morgan fingerprint density at radius 1 is 1.29 bits per heavy atom. The summed E-state index contributed by atoms with van der Waals surface area (Å²) >= 11 is 1.40. The van der Waals surface area contributed by atoms with E-state index in [-0.39, 0.29) is 17.9 Å². The van der Waals surface area contributed by atoms with Gasteiger partial charge in [-0.3, -0.25) is 4.79 Å². The fourth-order valence-corrected chi connectivity index (χ4v) is 4.93. The minimum atomic E-state index is -0.941. The summed E-state index contributed by atoms with van der Waals surface area (Å²) in [6.07, 6.45) is 0.0114. The van der Waals surface area contributed by atoms with Crippen molar-refractivity contribution < 1.29 is 18.3 Å². The number of anilines is 1. The zero-order valence-electron chi connectivity index (χ0n) is 16.8. The Morgan fingerprint density at radius 2 is 2.13 bits per heavy atom. The summed E-state index contributed by atoms with van der Waals surface area (Å²) in [5.41, 5.74) is 2.21. The summed E-state index contributed by atoms with van der Waals surface area (Å²) in [6.45, 7) is 4.27. The van der Waals surface area contributed by atoms with Crippen LogP contribution in [0.15, 0.2) is 36.4 Å². The lowest BCUT2D eigenvalue weighted by Gasteiger charge is -2.24. The maximum atomic E-state index is 14.6. The van der Waals surface area contributed by atoms with Crippen molar-refractivity contribution in [3.8, 4) is 10.9 Å². The van der Waals surface area contributed by atoms with Crippen LogP contribution in [0.2, 0.25) is 0 Å². The number of halogens is 2. The number of rotatable bonds is 4. The van der Waals surface area contributed by atoms with Gasteiger partial charge in [0, 0.05) is 17.9 Å². The minimum Gasteiger partial charge on any atom is -0.494 e. The van der Waals surface area contributed by atoms with Crippen LogP contribution in [0, 0.1) is 18.6 Å². The van der Waals surface area contributed by atoms with Gasteiger partial charge in [-0.1, -0.05) is 23.5 Å². The van der Waals surface area contributed by atoms with Crippen LogP contribution in [0.1, 0.15) is 36.1 Å². The van der Waals surface area contributed by atoms with Crippen molar-refractivity contribution in [2.75, 3.05) is 11.9 Å². The first kappa shape index (κ1) is 19.6. The zero-order valence-corrected chi connectivity index (χ0v) is 17.6. The van der Waals surface area contributed by atoms with E-state index in [2.05, 4.69) is 15.4 Å². The van der Waals surface area contributed by atoms with Crippen LogP contribution in [0.5, 0.6) is 5.75 Å². The summed E-state index contributed by atoms with van der Waals surface area (Å²) in [4.78, 5) is 17.1. The van der Waals surface area contributed by atoms with Gasteiger partial charge in [-0.25, -0.2) is 13.8 Å². The molecule has 1 aliphatic rings. The van der Waals surface area contributed by atoms with E-state index in [4.69, 9.17) is 4.74 Å². The van der Waals surface area contributed by atoms with Crippen LogP contribution in [0.4, 0.5) is 14.6 Å². The molecule has 0 unspecified atom stereocenters. The van der Waals surface area contributed by atoms with E-state index < -0.39 is 17.6 Å². The molecule has 5 rings (SSSR count). The molecule has 1 atom stereocenters. The summed E-state index contributed by atoms with van der Waals surface area (Å²) < 4.78 is 36.5. The van der Waals surface area contributed by atoms with E-state index >= 15 is 0 Å². The maximum Gasteiger partial charge on any atom is 0.226 e. The first-order valence-electron chi connectivity index (χ1n) is 9.83. The number of ether oxygens (including phenoxy) is 1. The molecule has 31 heavy (non-hydrogen) atoms. The molecule has 158 valence electrons. The Bertz CT molecular complexity index is 1330. The highest BCUT2D eigenvalue weighted by atomic mass is 32.1. The van der Waals surface area contributed by atoms with E-state index in [1.54, 1.807) is 11.6 Å². The largest absolute Gasteiger partial charge is 0.494 e. The van der Waals surface area contributed by atoms with E-state index in [0.717, 1.165) is 22.0 Å². The lowest BCUT2D eigenvalue weighted by atomic mass is 9.85. The molecule has 0 fully saturated rings. The molecule has 3 heterocycles. The molecule has 9 heteroatoms. The van der Waals surface area contributed by atoms with Crippen LogP contribution in [0.3, 0.4) is 0 Å². The third-order valence-electron chi connectivity index (χ3n) is 5.30. The van der Waals surface area contributed by atoms with Crippen LogP contribution in [-0.4, -0.2) is 27.3 Å². The molecule has 1 N–H and O–H groups in total. The van der Waals surface area contributed by atoms with Gasteiger partial charge in [-0.2, -0.15) is 9.78 Å². The van der Waals surface area contributed by atoms with E-state index in [1.807, 2.05) is 25.1 Å². The van der Waals surface area contributed by atoms with Gasteiger partial charge in [-0.05, 0) is 43.7 Å². The molecule has 4 aromatic rings. The number of carbonyl (C=O) groups is 1. The minimum absolute atomic E-state index is 0.0114. The standard InChI is InChI=1S/C22H18F2N4O2S/c1-3-30-12-7-8-16-17(9-12)31-22(25-16)28-21-19(11(2)27-28)14(10-18(29)26-21)13-5-4-6-15(23)20(13)24/h4-9,14H,3,10H2,1-2H3,(H,26,29)/t14-/m0/s1. The van der Waals surface area contributed by atoms with Crippen LogP contribution >= 0.6 is 11.3 Å². The number of nitrogens with one attached hydrogen (secondary N) is 1. The second kappa shape index (κ2) is 7.42. The summed E-state index contributed by atoms with van der Waals surface area (Å²) in [7, 11) is 0. The van der Waals surface area contributed by atoms with Crippen molar-refractivity contribution in [2.45, 2.75) is 26.2 Å². The third-order valence-corrected chi connectivity index (χ3v) is 6.29. The van der Waals surface area contributed by atoms with Gasteiger partial charge >= 0.3 is 0 Å². The molecule has 1 aliphatic heterocycles. The quantitative estimate of drug-likeness (QED) is 0.488. The van der Waals surface area contributed by atoms with E-state index in [0.29, 0.717) is 28.8 Å². The summed E-state index contributed by atoms with van der Waals surface area (Å²) in [5, 5.41) is 7.99. The van der Waals surface area contributed by atoms with E-state index in [9.17, 15) is 13.6 Å². The molecule has 0 saturated carbocycles. The number of hydrogen-bond donors (Lipinski definition) is 1. The zero-order chi connectivity index (χ0) is 21.7. The van der Waals surface area contributed by atoms with E-state index in [1.165, 1.54) is 23.5 Å². The monoisotopic (exact) mass is 440 g/mol. The molecular formula is C22H18F2N4O2S. The molecule has 0 bridgehead atoms. The first-order valence-corrected chi connectivity index (χ1v) is 10.6. The number of aromatic nitrogens is 3. The second-order valence-electron chi connectivity index (χ2n) is 7.27. The molecule has 6 nitrogen and oxygen atoms in total. The topological polar surface area (TPSA) is 69.0 Å². The highest BCUT2D eigenvalue weighted by Crippen LogP contribution is 2.42. The first-order chi connectivity index (χ1) is 15.0. The van der Waals surface area contributed by atoms with Gasteiger partial charge in [0.05, 0.1) is 22.5 Å². The third kappa shape index (κ3) is 3.25. The number of benzene rings is 2. The SMILES string of the molecule is CCOc1ccc2nc(-n3nc(C)c4c3NC(=O)C[C@H]4c3cccc(F)c3F)sc2c1. The van der Waals surface area contributed by atoms with Crippen LogP contribution in [0.25, 0.3) is 15.3 Å². The van der Waals surface area contributed by atoms with Crippen molar-refractivity contribution in [1.29, 1.82) is 0 Å². The summed E-state index contributed by atoms with van der Waals surface area (Å²) in [6, 6.07) is 9.65. The molecule has 0 radical (unpaired) electrons. The average Bonchev–Trinajstić information content (AvgIpc) is 3.30. The molecule has 0 saturated heterocycles. The number of carbonyl (C=O) groups excluding carboxylic acids is 1. The number of hydrogen-bond acceptors (Lipinski definition) is 5. The van der Waals surface area contributed by atoms with Gasteiger partial charge in [-0.15, -0.1) is 0 Å². The fraction of sp³-hybridized carbons (Fsp3) is 0.227. The second-order valence-corrected chi connectivity index (χ2v) is 8.28. The van der Waals surface area contributed by atoms with Crippen molar-refractivity contribution in [2.24, 2.45) is 0 Å². The molecular weight excluding hydrogens is 422 g/mol. The average molecular weight is 440 g/mol. The Hall–Kier alpha value is -3.33. The predicted octanol–water partition coefficient (Wildman–Crippen LogP) is 4.94. The number of fused-ring (bicyclic) bond motifs is 2. The molecule has 0 aliphatic carbocycles. The number of thiazole rings is 1. The lowest BCUT2D eigenvalue weighted by Crippen LogP contribution is -2.25. The predicted molar refractivity (Wildman–Crippen MR) is 114 cm³/mol. The van der Waals surface area contributed by atoms with Gasteiger partial charge in [0.1, 0.15) is 11.6 Å². The smallest absolute Gasteiger partial charge is 0.226 e. The summed E-state index contributed by atoms with van der Waals surface area (Å²) in [5.74, 6) is -1.62. The highest BCUT2D eigenvalue weighted by Gasteiger charge is 2.35. The molecule has 2 aromatic carbocycles.